The second-order valence-corrected chi connectivity index (χ2v) is 4.12. The van der Waals surface area contributed by atoms with Crippen molar-refractivity contribution in [3.05, 3.63) is 32.3 Å². The number of hydrogen-bond acceptors (Lipinski definition) is 1. The van der Waals surface area contributed by atoms with Crippen LogP contribution in [-0.4, -0.2) is 5.91 Å². The Bertz CT molecular complexity index is 524. The van der Waals surface area contributed by atoms with Crippen LogP contribution in [0.3, 0.4) is 0 Å². The summed E-state index contributed by atoms with van der Waals surface area (Å²) >= 11 is 12.2. The molecule has 2 N–H and O–H groups in total. The second kappa shape index (κ2) is 4.78. The molecule has 0 atom stereocenters. The number of halogens is 2. The molecule has 16 heavy (non-hydrogen) atoms. The van der Waals surface area contributed by atoms with E-state index < -0.39 is 5.91 Å². The average molecular weight is 256 g/mol. The summed E-state index contributed by atoms with van der Waals surface area (Å²) in [4.78, 5) is 11.4. The van der Waals surface area contributed by atoms with Gasteiger partial charge in [-0.1, -0.05) is 29.1 Å². The molecule has 0 saturated heterocycles. The van der Waals surface area contributed by atoms with Crippen LogP contribution in [0.1, 0.15) is 34.0 Å². The molecule has 0 unspecified atom stereocenters. The van der Waals surface area contributed by atoms with Crippen molar-refractivity contribution in [1.29, 1.82) is 0 Å². The fourth-order valence-corrected chi connectivity index (χ4v) is 2.00. The summed E-state index contributed by atoms with van der Waals surface area (Å²) in [6.07, 6.45) is 0. The Morgan fingerprint density at radius 1 is 1.19 bits per heavy atom. The number of amides is 1. The molecular formula is C12H11Cl2NO. The number of carbonyl (C=O) groups excluding carboxylic acids is 1. The van der Waals surface area contributed by atoms with E-state index in [4.69, 9.17) is 28.9 Å². The van der Waals surface area contributed by atoms with Crippen molar-refractivity contribution in [2.24, 2.45) is 5.73 Å². The molecule has 1 aromatic carbocycles. The van der Waals surface area contributed by atoms with Crippen LogP contribution in [0.2, 0.25) is 10.0 Å². The zero-order valence-electron chi connectivity index (χ0n) is 9.24. The highest BCUT2D eigenvalue weighted by Crippen LogP contribution is 2.33. The first-order valence-electron chi connectivity index (χ1n) is 4.62. The van der Waals surface area contributed by atoms with Crippen LogP contribution < -0.4 is 5.73 Å². The molecule has 4 heteroatoms. The summed E-state index contributed by atoms with van der Waals surface area (Å²) < 4.78 is 0. The van der Waals surface area contributed by atoms with Gasteiger partial charge in [-0.2, -0.15) is 0 Å². The fraction of sp³-hybridized carbons (Fsp3) is 0.250. The van der Waals surface area contributed by atoms with Crippen LogP contribution in [0.25, 0.3) is 0 Å². The highest BCUT2D eigenvalue weighted by atomic mass is 35.5. The number of nitrogens with two attached hydrogens (primary N) is 1. The van der Waals surface area contributed by atoms with Crippen molar-refractivity contribution in [3.8, 4) is 11.8 Å². The van der Waals surface area contributed by atoms with E-state index in [0.717, 1.165) is 0 Å². The van der Waals surface area contributed by atoms with Gasteiger partial charge in [-0.15, -0.1) is 5.92 Å². The molecule has 1 aromatic rings. The van der Waals surface area contributed by atoms with E-state index >= 15 is 0 Å². The zero-order valence-corrected chi connectivity index (χ0v) is 10.8. The van der Waals surface area contributed by atoms with Gasteiger partial charge in [-0.25, -0.2) is 0 Å². The Hall–Kier alpha value is -1.17. The molecule has 0 aliphatic rings. The maximum Gasteiger partial charge on any atom is 0.250 e. The third-order valence-electron chi connectivity index (χ3n) is 2.33. The molecule has 84 valence electrons. The lowest BCUT2D eigenvalue weighted by molar-refractivity contribution is 0.0999. The standard InChI is InChI=1S/C12H11Cl2NO/c1-4-5-8-9(12(15)16)6(2)10(13)7(3)11(8)14/h1-3H3,(H2,15,16). The monoisotopic (exact) mass is 255 g/mol. The molecule has 0 bridgehead atoms. The van der Waals surface area contributed by atoms with Gasteiger partial charge in [-0.3, -0.25) is 4.79 Å². The molecule has 1 amide bonds. The lowest BCUT2D eigenvalue weighted by atomic mass is 9.98. The van der Waals surface area contributed by atoms with E-state index in [1.165, 1.54) is 0 Å². The smallest absolute Gasteiger partial charge is 0.250 e. The molecule has 0 aliphatic carbocycles. The van der Waals surface area contributed by atoms with E-state index in [9.17, 15) is 4.79 Å². The lowest BCUT2D eigenvalue weighted by Gasteiger charge is -2.12. The van der Waals surface area contributed by atoms with Crippen LogP contribution in [0.4, 0.5) is 0 Å². The molecule has 0 fully saturated rings. The first-order chi connectivity index (χ1) is 7.41. The fourth-order valence-electron chi connectivity index (χ4n) is 1.52. The number of primary amides is 1. The largest absolute Gasteiger partial charge is 0.366 e. The molecule has 0 aliphatic heterocycles. The summed E-state index contributed by atoms with van der Waals surface area (Å²) in [6.45, 7) is 5.18. The molecule has 2 nitrogen and oxygen atoms in total. The number of rotatable bonds is 1. The average Bonchev–Trinajstić information content (AvgIpc) is 2.23. The molecule has 0 aromatic heterocycles. The zero-order chi connectivity index (χ0) is 12.5. The van der Waals surface area contributed by atoms with Gasteiger partial charge < -0.3 is 5.73 Å². The Morgan fingerprint density at radius 3 is 2.19 bits per heavy atom. The number of benzene rings is 1. The number of carbonyl (C=O) groups is 1. The SMILES string of the molecule is CC#Cc1c(Cl)c(C)c(Cl)c(C)c1C(N)=O. The highest BCUT2D eigenvalue weighted by molar-refractivity contribution is 6.38. The van der Waals surface area contributed by atoms with Gasteiger partial charge in [-0.05, 0) is 31.9 Å². The van der Waals surface area contributed by atoms with Gasteiger partial charge in [0.1, 0.15) is 0 Å². The Labute approximate surface area is 105 Å². The minimum atomic E-state index is -0.570. The Balaban J connectivity index is 3.80. The summed E-state index contributed by atoms with van der Waals surface area (Å²) in [7, 11) is 0. The quantitative estimate of drug-likeness (QED) is 0.771. The van der Waals surface area contributed by atoms with E-state index in [-0.39, 0.29) is 0 Å². The molecule has 1 rings (SSSR count). The molecular weight excluding hydrogens is 245 g/mol. The van der Waals surface area contributed by atoms with Gasteiger partial charge in [0, 0.05) is 5.02 Å². The normalized spacial score (nSPS) is 9.56. The maximum atomic E-state index is 11.4. The topological polar surface area (TPSA) is 43.1 Å². The van der Waals surface area contributed by atoms with Crippen LogP contribution in [0.5, 0.6) is 0 Å². The van der Waals surface area contributed by atoms with Gasteiger partial charge in [0.15, 0.2) is 0 Å². The van der Waals surface area contributed by atoms with Crippen molar-refractivity contribution >= 4 is 29.1 Å². The van der Waals surface area contributed by atoms with Crippen LogP contribution in [-0.2, 0) is 0 Å². The van der Waals surface area contributed by atoms with Crippen LogP contribution >= 0.6 is 23.2 Å². The Morgan fingerprint density at radius 2 is 1.75 bits per heavy atom. The summed E-state index contributed by atoms with van der Waals surface area (Å²) in [5.74, 6) is 4.93. The minimum Gasteiger partial charge on any atom is -0.366 e. The van der Waals surface area contributed by atoms with Crippen LogP contribution in [0.15, 0.2) is 0 Å². The first-order valence-corrected chi connectivity index (χ1v) is 5.38. The predicted molar refractivity (Wildman–Crippen MR) is 67.0 cm³/mol. The third kappa shape index (κ3) is 2.02. The van der Waals surface area contributed by atoms with Crippen molar-refractivity contribution < 1.29 is 4.79 Å². The van der Waals surface area contributed by atoms with E-state index in [1.54, 1.807) is 20.8 Å². The van der Waals surface area contributed by atoms with Gasteiger partial charge >= 0.3 is 0 Å². The van der Waals surface area contributed by atoms with E-state index in [1.807, 2.05) is 0 Å². The van der Waals surface area contributed by atoms with Crippen LogP contribution in [0, 0.1) is 25.7 Å². The molecule has 0 heterocycles. The highest BCUT2D eigenvalue weighted by Gasteiger charge is 2.19. The first kappa shape index (κ1) is 12.9. The number of hydrogen-bond donors (Lipinski definition) is 1. The Kier molecular flexibility index (Phi) is 3.85. The second-order valence-electron chi connectivity index (χ2n) is 3.37. The van der Waals surface area contributed by atoms with Crippen molar-refractivity contribution in [2.75, 3.05) is 0 Å². The van der Waals surface area contributed by atoms with Crippen molar-refractivity contribution in [2.45, 2.75) is 20.8 Å². The lowest BCUT2D eigenvalue weighted by Crippen LogP contribution is -2.16. The van der Waals surface area contributed by atoms with E-state index in [2.05, 4.69) is 11.8 Å². The van der Waals surface area contributed by atoms with Gasteiger partial charge in [0.2, 0.25) is 5.91 Å². The maximum absolute atomic E-state index is 11.4. The summed E-state index contributed by atoms with van der Waals surface area (Å²) in [6, 6.07) is 0. The molecule has 0 radical (unpaired) electrons. The minimum absolute atomic E-state index is 0.301. The van der Waals surface area contributed by atoms with Gasteiger partial charge in [0.05, 0.1) is 16.1 Å². The van der Waals surface area contributed by atoms with Gasteiger partial charge in [0.25, 0.3) is 0 Å². The predicted octanol–water partition coefficient (Wildman–Crippen LogP) is 3.08. The van der Waals surface area contributed by atoms with Crippen molar-refractivity contribution in [3.63, 3.8) is 0 Å². The van der Waals surface area contributed by atoms with E-state index in [0.29, 0.717) is 32.3 Å². The molecule has 0 spiro atoms. The third-order valence-corrected chi connectivity index (χ3v) is 3.37. The summed E-state index contributed by atoms with van der Waals surface area (Å²) in [5, 5.41) is 0.846. The van der Waals surface area contributed by atoms with Crippen molar-refractivity contribution in [1.82, 2.24) is 0 Å². The molecule has 0 saturated carbocycles. The summed E-state index contributed by atoms with van der Waals surface area (Å²) in [5.41, 5.74) is 7.40.